The average molecular weight is 413 g/mol. The molecule has 2 amide bonds. The summed E-state index contributed by atoms with van der Waals surface area (Å²) in [4.78, 5) is 27.8. The minimum atomic E-state index is -0.710. The van der Waals surface area contributed by atoms with Crippen molar-refractivity contribution >= 4 is 34.3 Å². The molecule has 0 bridgehead atoms. The van der Waals surface area contributed by atoms with Gasteiger partial charge >= 0.3 is 6.09 Å². The molecule has 3 N–H and O–H groups in total. The van der Waals surface area contributed by atoms with Crippen LogP contribution < -0.4 is 15.4 Å². The van der Waals surface area contributed by atoms with Gasteiger partial charge in [-0.05, 0) is 64.1 Å². The molecule has 8 heteroatoms. The molecule has 0 saturated carbocycles. The maximum atomic E-state index is 13.8. The third kappa shape index (κ3) is 5.28. The van der Waals surface area contributed by atoms with Crippen molar-refractivity contribution in [1.82, 2.24) is 4.98 Å². The molecule has 3 aromatic rings. The molecule has 3 rings (SSSR count). The number of rotatable bonds is 5. The van der Waals surface area contributed by atoms with E-state index in [0.29, 0.717) is 12.4 Å². The maximum Gasteiger partial charge on any atom is 0.412 e. The van der Waals surface area contributed by atoms with Gasteiger partial charge in [0, 0.05) is 17.0 Å². The van der Waals surface area contributed by atoms with Gasteiger partial charge < -0.3 is 19.8 Å². The van der Waals surface area contributed by atoms with Crippen LogP contribution in [0.15, 0.2) is 42.5 Å². The summed E-state index contributed by atoms with van der Waals surface area (Å²) in [6.45, 7) is 7.61. The Morgan fingerprint density at radius 2 is 1.80 bits per heavy atom. The maximum absolute atomic E-state index is 13.8. The quantitative estimate of drug-likeness (QED) is 0.529. The molecule has 0 radical (unpaired) electrons. The molecule has 1 heterocycles. The SMILES string of the molecule is CCOc1ccc2cc(C(=O)Nc3cc(F)ccc3NC(=O)OC(C)(C)C)[nH]c2c1. The van der Waals surface area contributed by atoms with Crippen LogP contribution in [0.25, 0.3) is 10.9 Å². The number of H-pyrrole nitrogens is 1. The number of carbonyl (C=O) groups excluding carboxylic acids is 2. The first kappa shape index (κ1) is 21.2. The van der Waals surface area contributed by atoms with Crippen LogP contribution in [0, 0.1) is 5.82 Å². The van der Waals surface area contributed by atoms with Crippen molar-refractivity contribution in [2.45, 2.75) is 33.3 Å². The minimum Gasteiger partial charge on any atom is -0.494 e. The van der Waals surface area contributed by atoms with Gasteiger partial charge in [-0.2, -0.15) is 0 Å². The first-order chi connectivity index (χ1) is 14.1. The number of aromatic nitrogens is 1. The Morgan fingerprint density at radius 1 is 1.03 bits per heavy atom. The van der Waals surface area contributed by atoms with Crippen molar-refractivity contribution in [2.24, 2.45) is 0 Å². The van der Waals surface area contributed by atoms with Crippen molar-refractivity contribution in [1.29, 1.82) is 0 Å². The molecule has 30 heavy (non-hydrogen) atoms. The number of hydrogen-bond acceptors (Lipinski definition) is 4. The predicted octanol–water partition coefficient (Wildman–Crippen LogP) is 5.31. The molecule has 0 atom stereocenters. The number of carbonyl (C=O) groups is 2. The predicted molar refractivity (Wildman–Crippen MR) is 114 cm³/mol. The zero-order valence-corrected chi connectivity index (χ0v) is 17.3. The van der Waals surface area contributed by atoms with E-state index in [-0.39, 0.29) is 17.1 Å². The Kier molecular flexibility index (Phi) is 5.96. The van der Waals surface area contributed by atoms with E-state index in [1.54, 1.807) is 32.9 Å². The van der Waals surface area contributed by atoms with Crippen molar-refractivity contribution in [3.8, 4) is 5.75 Å². The van der Waals surface area contributed by atoms with E-state index in [2.05, 4.69) is 15.6 Å². The third-order valence-corrected chi connectivity index (χ3v) is 4.01. The number of halogens is 1. The second-order valence-corrected chi connectivity index (χ2v) is 7.64. The normalized spacial score (nSPS) is 11.2. The largest absolute Gasteiger partial charge is 0.494 e. The van der Waals surface area contributed by atoms with Crippen LogP contribution in [0.5, 0.6) is 5.75 Å². The second-order valence-electron chi connectivity index (χ2n) is 7.64. The van der Waals surface area contributed by atoms with Crippen molar-refractivity contribution in [3.63, 3.8) is 0 Å². The van der Waals surface area contributed by atoms with Gasteiger partial charge in [-0.1, -0.05) is 0 Å². The highest BCUT2D eigenvalue weighted by molar-refractivity contribution is 6.08. The summed E-state index contributed by atoms with van der Waals surface area (Å²) in [7, 11) is 0. The number of aromatic amines is 1. The van der Waals surface area contributed by atoms with Crippen LogP contribution >= 0.6 is 0 Å². The van der Waals surface area contributed by atoms with Crippen molar-refractivity contribution < 1.29 is 23.5 Å². The second kappa shape index (κ2) is 8.44. The van der Waals surface area contributed by atoms with Crippen molar-refractivity contribution in [2.75, 3.05) is 17.2 Å². The number of ether oxygens (including phenoxy) is 2. The molecular formula is C22H24FN3O4. The first-order valence-corrected chi connectivity index (χ1v) is 9.51. The number of anilines is 2. The minimum absolute atomic E-state index is 0.111. The van der Waals surface area contributed by atoms with Gasteiger partial charge in [0.25, 0.3) is 5.91 Å². The van der Waals surface area contributed by atoms with E-state index in [0.717, 1.165) is 17.0 Å². The molecule has 0 unspecified atom stereocenters. The molecule has 2 aromatic carbocycles. The van der Waals surface area contributed by atoms with E-state index < -0.39 is 23.4 Å². The summed E-state index contributed by atoms with van der Waals surface area (Å²) in [5, 5.41) is 5.98. The average Bonchev–Trinajstić information content (AvgIpc) is 3.06. The van der Waals surface area contributed by atoms with Gasteiger partial charge in [-0.25, -0.2) is 9.18 Å². The Bertz CT molecular complexity index is 1090. The number of nitrogens with one attached hydrogen (secondary N) is 3. The topological polar surface area (TPSA) is 92.5 Å². The van der Waals surface area contributed by atoms with E-state index in [1.165, 1.54) is 12.1 Å². The Morgan fingerprint density at radius 3 is 2.50 bits per heavy atom. The lowest BCUT2D eigenvalue weighted by molar-refractivity contribution is 0.0635. The highest BCUT2D eigenvalue weighted by atomic mass is 19.1. The summed E-state index contributed by atoms with van der Waals surface area (Å²) >= 11 is 0. The van der Waals surface area contributed by atoms with Gasteiger partial charge in [-0.15, -0.1) is 0 Å². The number of amides is 2. The van der Waals surface area contributed by atoms with Gasteiger partial charge in [0.05, 0.1) is 18.0 Å². The molecule has 0 aliphatic rings. The Hall–Kier alpha value is -3.55. The van der Waals surface area contributed by atoms with E-state index in [4.69, 9.17) is 9.47 Å². The molecular weight excluding hydrogens is 389 g/mol. The van der Waals surface area contributed by atoms with E-state index in [1.807, 2.05) is 19.1 Å². The number of hydrogen-bond donors (Lipinski definition) is 3. The Balaban J connectivity index is 1.81. The third-order valence-electron chi connectivity index (χ3n) is 4.01. The fourth-order valence-electron chi connectivity index (χ4n) is 2.82. The summed E-state index contributed by atoms with van der Waals surface area (Å²) in [5.41, 5.74) is 0.648. The molecule has 0 aliphatic carbocycles. The fraction of sp³-hybridized carbons (Fsp3) is 0.273. The summed E-state index contributed by atoms with van der Waals surface area (Å²) in [6, 6.07) is 10.8. The zero-order valence-electron chi connectivity index (χ0n) is 17.3. The summed E-state index contributed by atoms with van der Waals surface area (Å²) < 4.78 is 24.5. The van der Waals surface area contributed by atoms with E-state index in [9.17, 15) is 14.0 Å². The van der Waals surface area contributed by atoms with Crippen LogP contribution in [0.3, 0.4) is 0 Å². The highest BCUT2D eigenvalue weighted by Crippen LogP contribution is 2.26. The van der Waals surface area contributed by atoms with Gasteiger partial charge in [0.15, 0.2) is 0 Å². The Labute approximate surface area is 173 Å². The summed E-state index contributed by atoms with van der Waals surface area (Å²) in [5.74, 6) is -0.354. The molecule has 1 aromatic heterocycles. The standard InChI is InChI=1S/C22H24FN3O4/c1-5-29-15-8-6-13-10-19(24-17(13)12-15)20(27)25-18-11-14(23)7-9-16(18)26-21(28)30-22(2,3)4/h6-12,24H,5H2,1-4H3,(H,25,27)(H,26,28). The lowest BCUT2D eigenvalue weighted by Gasteiger charge is -2.20. The highest BCUT2D eigenvalue weighted by Gasteiger charge is 2.19. The van der Waals surface area contributed by atoms with Crippen LogP contribution in [0.2, 0.25) is 0 Å². The van der Waals surface area contributed by atoms with Gasteiger partial charge in [0.2, 0.25) is 0 Å². The molecule has 158 valence electrons. The smallest absolute Gasteiger partial charge is 0.412 e. The number of benzene rings is 2. The van der Waals surface area contributed by atoms with Crippen LogP contribution in [-0.2, 0) is 4.74 Å². The monoisotopic (exact) mass is 413 g/mol. The first-order valence-electron chi connectivity index (χ1n) is 9.51. The zero-order chi connectivity index (χ0) is 21.9. The van der Waals surface area contributed by atoms with E-state index >= 15 is 0 Å². The summed E-state index contributed by atoms with van der Waals surface area (Å²) in [6.07, 6.45) is -0.710. The fourth-order valence-corrected chi connectivity index (χ4v) is 2.82. The molecule has 0 aliphatic heterocycles. The van der Waals surface area contributed by atoms with Gasteiger partial charge in [-0.3, -0.25) is 10.1 Å². The molecule has 0 spiro atoms. The van der Waals surface area contributed by atoms with Crippen LogP contribution in [0.1, 0.15) is 38.2 Å². The van der Waals surface area contributed by atoms with Crippen LogP contribution in [-0.4, -0.2) is 29.2 Å². The molecule has 0 saturated heterocycles. The molecule has 7 nitrogen and oxygen atoms in total. The number of fused-ring (bicyclic) bond motifs is 1. The lowest BCUT2D eigenvalue weighted by Crippen LogP contribution is -2.27. The van der Waals surface area contributed by atoms with Crippen molar-refractivity contribution in [3.05, 3.63) is 54.0 Å². The lowest BCUT2D eigenvalue weighted by atomic mass is 10.2. The molecule has 0 fully saturated rings. The van der Waals surface area contributed by atoms with Gasteiger partial charge in [0.1, 0.15) is 22.9 Å². The van der Waals surface area contributed by atoms with Crippen LogP contribution in [0.4, 0.5) is 20.6 Å².